The Morgan fingerprint density at radius 3 is 2.52 bits per heavy atom. The summed E-state index contributed by atoms with van der Waals surface area (Å²) in [7, 11) is 3.86. The number of hydrogen-bond acceptors (Lipinski definition) is 4. The van der Waals surface area contributed by atoms with Crippen molar-refractivity contribution in [1.29, 1.82) is 5.53 Å². The number of rotatable bonds is 4. The predicted molar refractivity (Wildman–Crippen MR) is 107 cm³/mol. The molecule has 6 heteroatoms. The summed E-state index contributed by atoms with van der Waals surface area (Å²) in [5.41, 5.74) is 13.6. The summed E-state index contributed by atoms with van der Waals surface area (Å²) in [6.07, 6.45) is 4.18. The van der Waals surface area contributed by atoms with Gasteiger partial charge in [0.1, 0.15) is 5.82 Å². The number of nitrogens with zero attached hydrogens (tertiary/aromatic N) is 2. The van der Waals surface area contributed by atoms with Gasteiger partial charge in [-0.05, 0) is 74.8 Å². The fourth-order valence-corrected chi connectivity index (χ4v) is 3.94. The fourth-order valence-electron chi connectivity index (χ4n) is 3.94. The molecule has 0 radical (unpaired) electrons. The zero-order chi connectivity index (χ0) is 19.0. The predicted octanol–water partition coefficient (Wildman–Crippen LogP) is 4.98. The maximum atomic E-state index is 14.0. The van der Waals surface area contributed by atoms with Crippen LogP contribution >= 0.6 is 0 Å². The molecule has 140 valence electrons. The molecule has 0 atom stereocenters. The second-order valence-corrected chi connectivity index (χ2v) is 7.33. The van der Waals surface area contributed by atoms with Gasteiger partial charge in [-0.15, -0.1) is 0 Å². The van der Waals surface area contributed by atoms with Crippen molar-refractivity contribution < 1.29 is 9.09 Å². The van der Waals surface area contributed by atoms with Gasteiger partial charge in [0.25, 0.3) is 0 Å². The van der Waals surface area contributed by atoms with E-state index in [1.807, 2.05) is 24.4 Å². The van der Waals surface area contributed by atoms with E-state index in [0.717, 1.165) is 42.9 Å². The van der Waals surface area contributed by atoms with Gasteiger partial charge in [-0.1, -0.05) is 4.70 Å². The van der Waals surface area contributed by atoms with Crippen LogP contribution in [0.4, 0.5) is 27.1 Å². The molecular weight excluding hydrogens is 341 g/mol. The molecule has 1 fully saturated rings. The van der Waals surface area contributed by atoms with Gasteiger partial charge >= 0.3 is 0 Å². The minimum absolute atomic E-state index is 0.284. The third-order valence-corrected chi connectivity index (χ3v) is 5.52. The molecule has 0 amide bonds. The summed E-state index contributed by atoms with van der Waals surface area (Å²) >= 11 is 0. The lowest BCUT2D eigenvalue weighted by molar-refractivity contribution is -0.460. The van der Waals surface area contributed by atoms with Crippen molar-refractivity contribution in [3.63, 3.8) is 0 Å². The molecule has 5 nitrogen and oxygen atoms in total. The molecule has 0 saturated carbocycles. The first-order chi connectivity index (χ1) is 13.0. The molecule has 2 aliphatic heterocycles. The molecule has 27 heavy (non-hydrogen) atoms. The third-order valence-electron chi connectivity index (χ3n) is 5.52. The van der Waals surface area contributed by atoms with Gasteiger partial charge in [0.15, 0.2) is 0 Å². The van der Waals surface area contributed by atoms with Crippen LogP contribution in [-0.4, -0.2) is 36.8 Å². The van der Waals surface area contributed by atoms with Gasteiger partial charge in [0.2, 0.25) is 11.9 Å². The lowest BCUT2D eigenvalue weighted by Crippen LogP contribution is -2.30. The highest BCUT2D eigenvalue weighted by Gasteiger charge is 2.33. The Morgan fingerprint density at radius 1 is 1.11 bits per heavy atom. The fraction of sp³-hybridized carbons (Fsp3) is 0.333. The molecule has 0 unspecified atom stereocenters. The van der Waals surface area contributed by atoms with E-state index in [2.05, 4.69) is 28.6 Å². The topological polar surface area (TPSA) is 54.2 Å². The second-order valence-electron chi connectivity index (χ2n) is 7.33. The Hall–Kier alpha value is -2.73. The SMILES string of the molecule is CNc1ccc(Nc2ccc3c(c2)C(C2CCN(C)CC2)=C[N+]3=N)cc1F. The maximum Gasteiger partial charge on any atom is 0.245 e. The molecule has 2 heterocycles. The van der Waals surface area contributed by atoms with Crippen LogP contribution in [-0.2, 0) is 0 Å². The highest BCUT2D eigenvalue weighted by molar-refractivity contribution is 5.80. The third kappa shape index (κ3) is 3.45. The van der Waals surface area contributed by atoms with Crippen LogP contribution in [0.15, 0.2) is 42.6 Å². The number of nitrogens with one attached hydrogen (secondary N) is 3. The van der Waals surface area contributed by atoms with Crippen LogP contribution in [0.5, 0.6) is 0 Å². The van der Waals surface area contributed by atoms with Crippen molar-refractivity contribution in [1.82, 2.24) is 4.90 Å². The minimum Gasteiger partial charge on any atom is -0.386 e. The summed E-state index contributed by atoms with van der Waals surface area (Å²) in [4.78, 5) is 2.35. The number of fused-ring (bicyclic) bond motifs is 1. The molecule has 0 bridgehead atoms. The summed E-state index contributed by atoms with van der Waals surface area (Å²) < 4.78 is 15.5. The summed E-state index contributed by atoms with van der Waals surface area (Å²) in [6.45, 7) is 2.18. The summed E-state index contributed by atoms with van der Waals surface area (Å²) in [5, 5.41) is 6.12. The van der Waals surface area contributed by atoms with E-state index < -0.39 is 0 Å². The Morgan fingerprint density at radius 2 is 1.81 bits per heavy atom. The van der Waals surface area contributed by atoms with Gasteiger partial charge in [0, 0.05) is 30.1 Å². The molecule has 2 aromatic rings. The lowest BCUT2D eigenvalue weighted by atomic mass is 9.86. The average molecular weight is 366 g/mol. The Labute approximate surface area is 159 Å². The molecule has 1 saturated heterocycles. The Balaban J connectivity index is 1.59. The van der Waals surface area contributed by atoms with Gasteiger partial charge in [-0.2, -0.15) is 0 Å². The number of allylic oxidation sites excluding steroid dienone is 1. The van der Waals surface area contributed by atoms with E-state index >= 15 is 0 Å². The van der Waals surface area contributed by atoms with Crippen LogP contribution in [0.25, 0.3) is 5.57 Å². The van der Waals surface area contributed by atoms with Crippen LogP contribution in [0, 0.1) is 17.3 Å². The van der Waals surface area contributed by atoms with Crippen LogP contribution < -0.4 is 10.6 Å². The standard InChI is InChI=1S/C21H24FN5/c1-24-20-5-3-16(12-19(20)22)25-15-4-6-21-17(11-15)18(13-27(21)23)14-7-9-26(2)10-8-14/h3-6,11-14H,7-10,23H2,1-2H3/p+1. The van der Waals surface area contributed by atoms with Crippen molar-refractivity contribution in [2.75, 3.05) is 37.8 Å². The Kier molecular flexibility index (Phi) is 4.66. The van der Waals surface area contributed by atoms with E-state index in [0.29, 0.717) is 17.3 Å². The van der Waals surface area contributed by atoms with Crippen LogP contribution in [0.2, 0.25) is 0 Å². The molecule has 0 aromatic heterocycles. The zero-order valence-electron chi connectivity index (χ0n) is 15.7. The van der Waals surface area contributed by atoms with Gasteiger partial charge in [0.05, 0.1) is 11.3 Å². The first kappa shape index (κ1) is 17.7. The smallest absolute Gasteiger partial charge is 0.245 e. The highest BCUT2D eigenvalue weighted by Crippen LogP contribution is 2.42. The van der Waals surface area contributed by atoms with E-state index in [4.69, 9.17) is 5.53 Å². The molecule has 0 aliphatic carbocycles. The van der Waals surface area contributed by atoms with E-state index in [9.17, 15) is 4.39 Å². The number of hydrogen-bond donors (Lipinski definition) is 3. The largest absolute Gasteiger partial charge is 0.386 e. The molecule has 4 rings (SSSR count). The molecule has 2 aliphatic rings. The van der Waals surface area contributed by atoms with Crippen molar-refractivity contribution in [3.8, 4) is 0 Å². The number of benzene rings is 2. The van der Waals surface area contributed by atoms with Crippen molar-refractivity contribution in [3.05, 3.63) is 54.0 Å². The first-order valence-corrected chi connectivity index (χ1v) is 9.34. The maximum absolute atomic E-state index is 14.0. The van der Waals surface area contributed by atoms with Crippen molar-refractivity contribution in [2.24, 2.45) is 5.92 Å². The Bertz CT molecular complexity index is 913. The molecule has 2 aromatic carbocycles. The van der Waals surface area contributed by atoms with Crippen LogP contribution in [0.1, 0.15) is 18.4 Å². The molecular formula is C21H25FN5+. The highest BCUT2D eigenvalue weighted by atomic mass is 19.1. The second kappa shape index (κ2) is 7.12. The number of piperidine rings is 1. The van der Waals surface area contributed by atoms with E-state index in [1.165, 1.54) is 16.3 Å². The monoisotopic (exact) mass is 366 g/mol. The van der Waals surface area contributed by atoms with E-state index in [-0.39, 0.29) is 5.82 Å². The minimum atomic E-state index is -0.284. The average Bonchev–Trinajstić information content (AvgIpc) is 2.99. The van der Waals surface area contributed by atoms with Crippen molar-refractivity contribution >= 4 is 28.3 Å². The number of likely N-dealkylation sites (tertiary alicyclic amines) is 1. The summed E-state index contributed by atoms with van der Waals surface area (Å²) in [5.74, 6) is 0.200. The quantitative estimate of drug-likeness (QED) is 0.669. The lowest BCUT2D eigenvalue weighted by Gasteiger charge is -2.29. The molecule has 0 spiro atoms. The number of halogens is 1. The summed E-state index contributed by atoms with van der Waals surface area (Å²) in [6, 6.07) is 11.0. The van der Waals surface area contributed by atoms with Gasteiger partial charge < -0.3 is 15.5 Å². The first-order valence-electron chi connectivity index (χ1n) is 9.34. The van der Waals surface area contributed by atoms with E-state index in [1.54, 1.807) is 13.1 Å². The van der Waals surface area contributed by atoms with Gasteiger partial charge in [-0.25, -0.2) is 4.39 Å². The van der Waals surface area contributed by atoms with Crippen molar-refractivity contribution in [2.45, 2.75) is 12.8 Å². The van der Waals surface area contributed by atoms with Gasteiger partial charge in [-0.3, -0.25) is 0 Å². The number of anilines is 3. The normalized spacial score (nSPS) is 17.6. The van der Waals surface area contributed by atoms with Crippen LogP contribution in [0.3, 0.4) is 0 Å². The zero-order valence-corrected chi connectivity index (χ0v) is 15.7. The molecule has 3 N–H and O–H groups in total.